The van der Waals surface area contributed by atoms with E-state index < -0.39 is 0 Å². The minimum atomic E-state index is -0.333. The summed E-state index contributed by atoms with van der Waals surface area (Å²) in [6, 6.07) is 7.22. The Morgan fingerprint density at radius 2 is 2.10 bits per heavy atom. The van der Waals surface area contributed by atoms with Crippen LogP contribution in [0.2, 0.25) is 0 Å². The molecule has 0 bridgehead atoms. The van der Waals surface area contributed by atoms with Gasteiger partial charge in [-0.3, -0.25) is 9.59 Å². The van der Waals surface area contributed by atoms with Gasteiger partial charge in [0.05, 0.1) is 26.2 Å². The first-order valence-corrected chi connectivity index (χ1v) is 7.30. The van der Waals surface area contributed by atoms with Crippen LogP contribution in [0.1, 0.15) is 22.3 Å². The Hall–Kier alpha value is -1.59. The summed E-state index contributed by atoms with van der Waals surface area (Å²) in [5.74, 6) is 0.0304. The minimum absolute atomic E-state index is 0.0608. The van der Waals surface area contributed by atoms with Gasteiger partial charge in [-0.1, -0.05) is 12.1 Å². The van der Waals surface area contributed by atoms with E-state index in [-0.39, 0.29) is 24.4 Å². The summed E-state index contributed by atoms with van der Waals surface area (Å²) in [6.45, 7) is 1.34. The molecule has 1 atom stereocenters. The summed E-state index contributed by atoms with van der Waals surface area (Å²) in [5, 5.41) is 0. The number of ether oxygens (including phenoxy) is 2. The third-order valence-electron chi connectivity index (χ3n) is 3.40. The van der Waals surface area contributed by atoms with Gasteiger partial charge < -0.3 is 14.4 Å². The maximum atomic E-state index is 12.4. The number of amides is 1. The summed E-state index contributed by atoms with van der Waals surface area (Å²) in [6.07, 6.45) is -0.150. The zero-order chi connectivity index (χ0) is 15.2. The highest BCUT2D eigenvalue weighted by Gasteiger charge is 2.26. The van der Waals surface area contributed by atoms with E-state index in [0.29, 0.717) is 31.1 Å². The number of hydrogen-bond donors (Lipinski definition) is 0. The Kier molecular flexibility index (Phi) is 5.59. The number of carbonyl (C=O) groups excluding carboxylic acids is 2. The van der Waals surface area contributed by atoms with Crippen LogP contribution in [-0.2, 0) is 20.1 Å². The normalized spacial score (nSPS) is 18.4. The lowest BCUT2D eigenvalue weighted by Gasteiger charge is -2.32. The zero-order valence-corrected chi connectivity index (χ0v) is 12.6. The van der Waals surface area contributed by atoms with E-state index in [1.54, 1.807) is 17.0 Å². The summed E-state index contributed by atoms with van der Waals surface area (Å²) in [7, 11) is 1.34. The Morgan fingerprint density at radius 3 is 2.71 bits per heavy atom. The summed E-state index contributed by atoms with van der Waals surface area (Å²) in [5.41, 5.74) is 1.58. The van der Waals surface area contributed by atoms with E-state index in [4.69, 9.17) is 16.3 Å². The zero-order valence-electron chi connectivity index (χ0n) is 11.9. The first kappa shape index (κ1) is 15.8. The minimum Gasteiger partial charge on any atom is -0.469 e. The quantitative estimate of drug-likeness (QED) is 0.629. The van der Waals surface area contributed by atoms with Gasteiger partial charge >= 0.3 is 5.97 Å². The molecular formula is C15H18ClNO4. The number of halogens is 1. The fourth-order valence-electron chi connectivity index (χ4n) is 2.22. The molecule has 0 N–H and O–H groups in total. The molecule has 0 spiro atoms. The van der Waals surface area contributed by atoms with Crippen molar-refractivity contribution in [2.45, 2.75) is 18.4 Å². The van der Waals surface area contributed by atoms with E-state index in [0.717, 1.165) is 5.56 Å². The van der Waals surface area contributed by atoms with Crippen molar-refractivity contribution in [3.8, 4) is 0 Å². The number of esters is 1. The smallest absolute Gasteiger partial charge is 0.308 e. The lowest BCUT2D eigenvalue weighted by atomic mass is 10.1. The van der Waals surface area contributed by atoms with Crippen molar-refractivity contribution in [1.29, 1.82) is 0 Å². The van der Waals surface area contributed by atoms with Crippen LogP contribution in [0.3, 0.4) is 0 Å². The van der Waals surface area contributed by atoms with Crippen LogP contribution >= 0.6 is 11.6 Å². The lowest BCUT2D eigenvalue weighted by Crippen LogP contribution is -2.46. The molecule has 1 unspecified atom stereocenters. The molecule has 1 heterocycles. The van der Waals surface area contributed by atoms with Gasteiger partial charge in [0.2, 0.25) is 0 Å². The number of hydrogen-bond acceptors (Lipinski definition) is 4. The number of benzene rings is 1. The molecule has 0 saturated carbocycles. The van der Waals surface area contributed by atoms with Crippen molar-refractivity contribution < 1.29 is 19.1 Å². The van der Waals surface area contributed by atoms with E-state index in [2.05, 4.69) is 4.74 Å². The molecule has 6 heteroatoms. The molecule has 1 fully saturated rings. The number of methoxy groups -OCH3 is 1. The number of carbonyl (C=O) groups is 2. The van der Waals surface area contributed by atoms with Crippen molar-refractivity contribution in [1.82, 2.24) is 4.90 Å². The molecule has 1 aromatic rings. The summed E-state index contributed by atoms with van der Waals surface area (Å²) < 4.78 is 10.1. The molecule has 1 aromatic carbocycles. The van der Waals surface area contributed by atoms with Gasteiger partial charge in [0, 0.05) is 24.5 Å². The maximum absolute atomic E-state index is 12.4. The molecular weight excluding hydrogens is 294 g/mol. The van der Waals surface area contributed by atoms with Crippen LogP contribution in [0.5, 0.6) is 0 Å². The van der Waals surface area contributed by atoms with Gasteiger partial charge in [0.1, 0.15) is 0 Å². The number of rotatable bonds is 4. The highest BCUT2D eigenvalue weighted by atomic mass is 35.5. The number of nitrogens with zero attached hydrogens (tertiary/aromatic N) is 1. The van der Waals surface area contributed by atoms with Crippen LogP contribution in [0.4, 0.5) is 0 Å². The van der Waals surface area contributed by atoms with E-state index in [9.17, 15) is 9.59 Å². The Labute approximate surface area is 128 Å². The third kappa shape index (κ3) is 4.19. The van der Waals surface area contributed by atoms with Crippen LogP contribution in [0, 0.1) is 0 Å². The molecule has 1 aliphatic heterocycles. The van der Waals surface area contributed by atoms with Gasteiger partial charge in [-0.25, -0.2) is 0 Å². The highest BCUT2D eigenvalue weighted by Crippen LogP contribution is 2.14. The van der Waals surface area contributed by atoms with Gasteiger partial charge in [-0.15, -0.1) is 11.6 Å². The Balaban J connectivity index is 1.99. The summed E-state index contributed by atoms with van der Waals surface area (Å²) >= 11 is 5.73. The molecule has 114 valence electrons. The second-order valence-electron chi connectivity index (χ2n) is 4.85. The molecule has 5 nitrogen and oxygen atoms in total. The molecule has 0 aliphatic carbocycles. The molecule has 2 rings (SSSR count). The van der Waals surface area contributed by atoms with Gasteiger partial charge in [-0.2, -0.15) is 0 Å². The van der Waals surface area contributed by atoms with Crippen LogP contribution in [0.15, 0.2) is 24.3 Å². The van der Waals surface area contributed by atoms with Crippen molar-refractivity contribution in [3.05, 3.63) is 35.4 Å². The Bertz CT molecular complexity index is 503. The topological polar surface area (TPSA) is 55.8 Å². The average molecular weight is 312 g/mol. The lowest BCUT2D eigenvalue weighted by molar-refractivity contribution is -0.145. The standard InChI is InChI=1S/C15H18ClNO4/c1-20-14(18)8-13-10-17(6-7-21-13)15(19)12-4-2-11(9-16)3-5-12/h2-5,13H,6-10H2,1H3. The largest absolute Gasteiger partial charge is 0.469 e. The molecule has 0 aromatic heterocycles. The molecule has 0 radical (unpaired) electrons. The molecule has 21 heavy (non-hydrogen) atoms. The average Bonchev–Trinajstić information content (AvgIpc) is 2.54. The van der Waals surface area contributed by atoms with E-state index in [1.807, 2.05) is 12.1 Å². The van der Waals surface area contributed by atoms with E-state index in [1.165, 1.54) is 7.11 Å². The first-order chi connectivity index (χ1) is 10.1. The third-order valence-corrected chi connectivity index (χ3v) is 3.71. The summed E-state index contributed by atoms with van der Waals surface area (Å²) in [4.78, 5) is 25.4. The second-order valence-corrected chi connectivity index (χ2v) is 5.12. The van der Waals surface area contributed by atoms with Crippen LogP contribution in [0.25, 0.3) is 0 Å². The maximum Gasteiger partial charge on any atom is 0.308 e. The second kappa shape index (κ2) is 7.43. The molecule has 1 saturated heterocycles. The number of morpholine rings is 1. The highest BCUT2D eigenvalue weighted by molar-refractivity contribution is 6.17. The fraction of sp³-hybridized carbons (Fsp3) is 0.467. The van der Waals surface area contributed by atoms with Crippen molar-refractivity contribution in [3.63, 3.8) is 0 Å². The van der Waals surface area contributed by atoms with E-state index >= 15 is 0 Å². The predicted molar refractivity (Wildman–Crippen MR) is 78.3 cm³/mol. The fourth-order valence-corrected chi connectivity index (χ4v) is 2.39. The molecule has 1 amide bonds. The van der Waals surface area contributed by atoms with Crippen molar-refractivity contribution in [2.75, 3.05) is 26.8 Å². The van der Waals surface area contributed by atoms with Crippen molar-refractivity contribution >= 4 is 23.5 Å². The number of alkyl halides is 1. The van der Waals surface area contributed by atoms with Gasteiger partial charge in [0.15, 0.2) is 0 Å². The van der Waals surface area contributed by atoms with Crippen molar-refractivity contribution in [2.24, 2.45) is 0 Å². The van der Waals surface area contributed by atoms with Crippen LogP contribution < -0.4 is 0 Å². The SMILES string of the molecule is COC(=O)CC1CN(C(=O)c2ccc(CCl)cc2)CCO1. The Morgan fingerprint density at radius 1 is 1.38 bits per heavy atom. The van der Waals surface area contributed by atoms with Gasteiger partial charge in [-0.05, 0) is 17.7 Å². The van der Waals surface area contributed by atoms with Gasteiger partial charge in [0.25, 0.3) is 5.91 Å². The van der Waals surface area contributed by atoms with Crippen LogP contribution in [-0.4, -0.2) is 49.7 Å². The predicted octanol–water partition coefficient (Wildman–Crippen LogP) is 1.83. The molecule has 1 aliphatic rings. The first-order valence-electron chi connectivity index (χ1n) is 6.76. The monoisotopic (exact) mass is 311 g/mol.